The van der Waals surface area contributed by atoms with Gasteiger partial charge in [-0.05, 0) is 40.8 Å². The summed E-state index contributed by atoms with van der Waals surface area (Å²) in [5, 5.41) is 14.4. The second kappa shape index (κ2) is 7.70. The van der Waals surface area contributed by atoms with Gasteiger partial charge in [0, 0.05) is 5.56 Å². The van der Waals surface area contributed by atoms with Crippen LogP contribution >= 0.6 is 0 Å². The van der Waals surface area contributed by atoms with Crippen LogP contribution in [0.2, 0.25) is 0 Å². The number of Topliss-reactive ketones (excluding diaryl/α,β-unsaturated/α-hetero) is 1. The van der Waals surface area contributed by atoms with Crippen LogP contribution in [0.15, 0.2) is 52.3 Å². The molecule has 1 atom stereocenters. The van der Waals surface area contributed by atoms with Crippen molar-refractivity contribution >= 4 is 17.7 Å². The summed E-state index contributed by atoms with van der Waals surface area (Å²) in [6, 6.07) is 7.23. The van der Waals surface area contributed by atoms with Gasteiger partial charge < -0.3 is 23.9 Å². The van der Waals surface area contributed by atoms with E-state index in [0.29, 0.717) is 17.1 Å². The lowest BCUT2D eigenvalue weighted by atomic mass is 9.90. The number of hydrogen-bond donors (Lipinski definition) is 1. The summed E-state index contributed by atoms with van der Waals surface area (Å²) < 4.78 is 22.4. The molecule has 154 valence electrons. The molecule has 4 rings (SSSR count). The van der Waals surface area contributed by atoms with Gasteiger partial charge in [0.15, 0.2) is 5.76 Å². The molecule has 1 N–H and O–H groups in total. The number of hydrogen-bond acceptors (Lipinski definition) is 10. The predicted octanol–water partition coefficient (Wildman–Crippen LogP) is 1.61. The zero-order valence-electron chi connectivity index (χ0n) is 16.3. The van der Waals surface area contributed by atoms with Crippen LogP contribution in [-0.4, -0.2) is 53.3 Å². The average molecular weight is 411 g/mol. The summed E-state index contributed by atoms with van der Waals surface area (Å²) in [5.41, 5.74) is 0.433. The highest BCUT2D eigenvalue weighted by Crippen LogP contribution is 2.41. The molecule has 0 radical (unpaired) electrons. The molecule has 0 amide bonds. The van der Waals surface area contributed by atoms with Gasteiger partial charge in [0.1, 0.15) is 23.2 Å². The monoisotopic (exact) mass is 411 g/mol. The highest BCUT2D eigenvalue weighted by molar-refractivity contribution is 6.13. The fourth-order valence-electron chi connectivity index (χ4n) is 3.27. The number of carbonyl (C=O) groups excluding carboxylic acids is 2. The van der Waals surface area contributed by atoms with Crippen LogP contribution in [0.3, 0.4) is 0 Å². The number of anilines is 1. The maximum absolute atomic E-state index is 13.4. The van der Waals surface area contributed by atoms with Gasteiger partial charge in [0.2, 0.25) is 11.7 Å². The van der Waals surface area contributed by atoms with Gasteiger partial charge in [-0.25, -0.2) is 4.79 Å². The first-order valence-corrected chi connectivity index (χ1v) is 8.76. The minimum Gasteiger partial charge on any atom is -0.497 e. The smallest absolute Gasteiger partial charge is 0.355 e. The van der Waals surface area contributed by atoms with Gasteiger partial charge in [-0.3, -0.25) is 4.79 Å². The summed E-state index contributed by atoms with van der Waals surface area (Å²) in [5.74, 6) is -0.144. The Kier molecular flexibility index (Phi) is 4.92. The number of rotatable bonds is 6. The number of esters is 1. The van der Waals surface area contributed by atoms with Crippen LogP contribution in [0.25, 0.3) is 0 Å². The molecule has 0 spiro atoms. The van der Waals surface area contributed by atoms with E-state index in [1.165, 1.54) is 38.3 Å². The number of ether oxygens (including phenoxy) is 3. The average Bonchev–Trinajstić information content (AvgIpc) is 3.48. The van der Waals surface area contributed by atoms with Crippen molar-refractivity contribution in [2.75, 3.05) is 26.6 Å². The van der Waals surface area contributed by atoms with Gasteiger partial charge >= 0.3 is 5.97 Å². The first-order chi connectivity index (χ1) is 14.6. The van der Waals surface area contributed by atoms with E-state index >= 15 is 0 Å². The van der Waals surface area contributed by atoms with Gasteiger partial charge in [-0.2, -0.15) is 4.68 Å². The Balaban J connectivity index is 2.01. The van der Waals surface area contributed by atoms with E-state index in [9.17, 15) is 9.59 Å². The highest BCUT2D eigenvalue weighted by atomic mass is 16.5. The number of furan rings is 1. The van der Waals surface area contributed by atoms with E-state index in [0.717, 1.165) is 0 Å². The molecule has 0 saturated heterocycles. The van der Waals surface area contributed by atoms with E-state index in [-0.39, 0.29) is 23.0 Å². The molecule has 0 unspecified atom stereocenters. The minimum absolute atomic E-state index is 0.0307. The zero-order valence-corrected chi connectivity index (χ0v) is 16.3. The number of aromatic nitrogens is 4. The first kappa shape index (κ1) is 19.2. The van der Waals surface area contributed by atoms with Crippen molar-refractivity contribution in [3.05, 3.63) is 59.2 Å². The molecule has 1 aliphatic heterocycles. The van der Waals surface area contributed by atoms with Gasteiger partial charge in [-0.1, -0.05) is 5.10 Å². The molecule has 11 heteroatoms. The van der Waals surface area contributed by atoms with Crippen molar-refractivity contribution in [1.29, 1.82) is 0 Å². The maximum Gasteiger partial charge on any atom is 0.355 e. The zero-order chi connectivity index (χ0) is 21.3. The Hall–Kier alpha value is -4.15. The third kappa shape index (κ3) is 3.05. The lowest BCUT2D eigenvalue weighted by molar-refractivity contribution is -0.136. The Labute approximate surface area is 170 Å². The normalized spacial score (nSPS) is 15.2. The number of carbonyl (C=O) groups is 2. The molecule has 0 saturated carbocycles. The summed E-state index contributed by atoms with van der Waals surface area (Å²) >= 11 is 0. The van der Waals surface area contributed by atoms with Crippen LogP contribution in [-0.2, 0) is 9.53 Å². The van der Waals surface area contributed by atoms with Gasteiger partial charge in [0.05, 0.1) is 33.2 Å². The number of nitrogens with zero attached hydrogens (tertiary/aromatic N) is 4. The fourth-order valence-corrected chi connectivity index (χ4v) is 3.27. The van der Waals surface area contributed by atoms with E-state index < -0.39 is 17.8 Å². The Morgan fingerprint density at radius 3 is 2.67 bits per heavy atom. The quantitative estimate of drug-likeness (QED) is 0.471. The van der Waals surface area contributed by atoms with Crippen molar-refractivity contribution < 1.29 is 28.2 Å². The van der Waals surface area contributed by atoms with E-state index in [1.807, 2.05) is 0 Å². The van der Waals surface area contributed by atoms with Crippen molar-refractivity contribution in [3.8, 4) is 11.5 Å². The molecule has 2 aromatic heterocycles. The molecular formula is C19H17N5O6. The van der Waals surface area contributed by atoms with Crippen LogP contribution in [0.1, 0.15) is 22.2 Å². The molecular weight excluding hydrogens is 394 g/mol. The summed E-state index contributed by atoms with van der Waals surface area (Å²) in [6.45, 7) is 0. The number of tetrazole rings is 1. The van der Waals surface area contributed by atoms with E-state index in [1.54, 1.807) is 24.3 Å². The number of methoxy groups -OCH3 is 3. The second-order valence-corrected chi connectivity index (χ2v) is 6.17. The summed E-state index contributed by atoms with van der Waals surface area (Å²) in [4.78, 5) is 26.0. The summed E-state index contributed by atoms with van der Waals surface area (Å²) in [6.07, 6.45) is 1.37. The SMILES string of the molecule is COC(=O)C1=C(C(=O)c2ccco2)[C@H](c2cc(OC)ccc2OC)n2nnnc2N1. The summed E-state index contributed by atoms with van der Waals surface area (Å²) in [7, 11) is 4.22. The van der Waals surface area contributed by atoms with Crippen LogP contribution in [0, 0.1) is 0 Å². The number of allylic oxidation sites excluding steroid dienone is 1. The molecule has 3 aromatic rings. The Morgan fingerprint density at radius 2 is 2.00 bits per heavy atom. The number of fused-ring (bicyclic) bond motifs is 1. The fraction of sp³-hybridized carbons (Fsp3) is 0.211. The van der Waals surface area contributed by atoms with E-state index in [2.05, 4.69) is 20.8 Å². The number of nitrogens with one attached hydrogen (secondary N) is 1. The first-order valence-electron chi connectivity index (χ1n) is 8.76. The molecule has 0 aliphatic carbocycles. The number of benzene rings is 1. The standard InChI is InChI=1S/C19H17N5O6/c1-27-10-6-7-12(28-2)11(9-10)16-14(17(25)13-5-4-8-30-13)15(18(26)29-3)20-19-21-22-23-24(16)19/h4-9,16H,1-3H3,(H,20,21,23)/t16-/m0/s1. The molecule has 30 heavy (non-hydrogen) atoms. The molecule has 1 aliphatic rings. The molecule has 0 bridgehead atoms. The Bertz CT molecular complexity index is 1130. The highest BCUT2D eigenvalue weighted by Gasteiger charge is 2.40. The predicted molar refractivity (Wildman–Crippen MR) is 101 cm³/mol. The van der Waals surface area contributed by atoms with Crippen LogP contribution < -0.4 is 14.8 Å². The van der Waals surface area contributed by atoms with Gasteiger partial charge in [0.25, 0.3) is 0 Å². The van der Waals surface area contributed by atoms with Crippen LogP contribution in [0.4, 0.5) is 5.95 Å². The molecule has 0 fully saturated rings. The topological polar surface area (TPSA) is 131 Å². The lowest BCUT2D eigenvalue weighted by Gasteiger charge is -2.28. The van der Waals surface area contributed by atoms with Crippen molar-refractivity contribution in [2.24, 2.45) is 0 Å². The van der Waals surface area contributed by atoms with Crippen LogP contribution in [0.5, 0.6) is 11.5 Å². The second-order valence-electron chi connectivity index (χ2n) is 6.17. The van der Waals surface area contributed by atoms with Crippen molar-refractivity contribution in [1.82, 2.24) is 20.2 Å². The molecule has 1 aromatic carbocycles. The third-order valence-electron chi connectivity index (χ3n) is 4.63. The maximum atomic E-state index is 13.4. The van der Waals surface area contributed by atoms with E-state index in [4.69, 9.17) is 18.6 Å². The third-order valence-corrected chi connectivity index (χ3v) is 4.63. The molecule has 3 heterocycles. The number of ketones is 1. The molecule has 11 nitrogen and oxygen atoms in total. The van der Waals surface area contributed by atoms with Crippen molar-refractivity contribution in [3.63, 3.8) is 0 Å². The van der Waals surface area contributed by atoms with Gasteiger partial charge in [-0.15, -0.1) is 0 Å². The minimum atomic E-state index is -0.923. The Morgan fingerprint density at radius 1 is 1.17 bits per heavy atom. The largest absolute Gasteiger partial charge is 0.497 e. The lowest BCUT2D eigenvalue weighted by Crippen LogP contribution is -2.33. The van der Waals surface area contributed by atoms with Crippen molar-refractivity contribution in [2.45, 2.75) is 6.04 Å².